The van der Waals surface area contributed by atoms with Gasteiger partial charge in [-0.1, -0.05) is 112 Å². The fourth-order valence-corrected chi connectivity index (χ4v) is 11.8. The number of para-hydroxylation sites is 1. The maximum Gasteiger partial charge on any atom is 0.321 e. The van der Waals surface area contributed by atoms with Gasteiger partial charge < -0.3 is 20.4 Å². The second-order valence-electron chi connectivity index (χ2n) is 16.8. The van der Waals surface area contributed by atoms with Crippen LogP contribution in [0.5, 0.6) is 0 Å². The Bertz CT molecular complexity index is 1870. The van der Waals surface area contributed by atoms with Gasteiger partial charge in [0.05, 0.1) is 18.2 Å². The minimum Gasteiger partial charge on any atom is -0.393 e. The molecule has 8 atom stereocenters. The zero-order valence-corrected chi connectivity index (χ0v) is 30.3. The van der Waals surface area contributed by atoms with E-state index in [0.29, 0.717) is 24.9 Å². The van der Waals surface area contributed by atoms with Gasteiger partial charge >= 0.3 is 6.03 Å². The predicted octanol–water partition coefficient (Wildman–Crippen LogP) is 9.07. The Kier molecular flexibility index (Phi) is 8.23. The van der Waals surface area contributed by atoms with Gasteiger partial charge in [0.2, 0.25) is 0 Å². The van der Waals surface area contributed by atoms with Crippen molar-refractivity contribution in [2.24, 2.45) is 33.5 Å². The van der Waals surface area contributed by atoms with E-state index in [1.165, 1.54) is 0 Å². The Balaban J connectivity index is 1.17. The summed E-state index contributed by atoms with van der Waals surface area (Å²) in [6.45, 7) is 7.51. The summed E-state index contributed by atoms with van der Waals surface area (Å²) >= 11 is 0. The Morgan fingerprint density at radius 3 is 2.14 bits per heavy atom. The number of nitrogens with zero attached hydrogens (tertiary/aromatic N) is 1. The highest BCUT2D eigenvalue weighted by molar-refractivity contribution is 6.10. The van der Waals surface area contributed by atoms with Crippen LogP contribution in [0.1, 0.15) is 82.5 Å². The Morgan fingerprint density at radius 1 is 0.804 bits per heavy atom. The molecule has 266 valence electrons. The number of rotatable bonds is 8. The number of allylic oxidation sites excluding steroid dienone is 4. The Morgan fingerprint density at radius 2 is 1.43 bits per heavy atom. The number of aliphatic hydroxyl groups excluding tert-OH is 1. The van der Waals surface area contributed by atoms with Gasteiger partial charge in [0.15, 0.2) is 5.78 Å². The number of ketones is 1. The summed E-state index contributed by atoms with van der Waals surface area (Å²) in [5.41, 5.74) is 1.77. The first kappa shape index (κ1) is 34.1. The van der Waals surface area contributed by atoms with Crippen LogP contribution < -0.4 is 5.32 Å². The van der Waals surface area contributed by atoms with Gasteiger partial charge in [0.25, 0.3) is 0 Å². The molecule has 9 rings (SSSR count). The smallest absolute Gasteiger partial charge is 0.321 e. The molecule has 6 nitrogen and oxygen atoms in total. The zero-order chi connectivity index (χ0) is 35.6. The highest BCUT2D eigenvalue weighted by Crippen LogP contribution is 2.78. The summed E-state index contributed by atoms with van der Waals surface area (Å²) in [5, 5.41) is 27.0. The second-order valence-corrected chi connectivity index (χ2v) is 16.8. The van der Waals surface area contributed by atoms with Crippen LogP contribution in [0.3, 0.4) is 0 Å². The molecular formula is C45H52N2O4. The standard InChI is InChI=1S/C45H52N2O4/c1-4-27-47(40(50)46-34-13-9-6-10-14-34)30-44(51)24-21-38-42(44,3)23-20-37-41(2)22-19-35(48)28-43(41)25-26-45(37,38)36(29-43)39(49)33-17-15-32(16-18-33)31-11-7-5-8-12-31/h5-18,25-26,29,35,37-38,48,51H,4,19-24,27-28,30H2,1-3H3,(H,46,50). The van der Waals surface area contributed by atoms with Crippen molar-refractivity contribution in [1.29, 1.82) is 0 Å². The molecule has 0 aromatic heterocycles. The molecule has 3 saturated carbocycles. The van der Waals surface area contributed by atoms with E-state index in [1.54, 1.807) is 4.90 Å². The molecule has 0 radical (unpaired) electrons. The van der Waals surface area contributed by atoms with Crippen LogP contribution in [-0.2, 0) is 0 Å². The average Bonchev–Trinajstić information content (AvgIpc) is 3.41. The number of Topliss-reactive ketones (excluding diaryl/α,β-unsaturated/α-hetero) is 1. The first-order valence-corrected chi connectivity index (χ1v) is 19.1. The molecule has 3 aromatic carbocycles. The Labute approximate surface area is 302 Å². The van der Waals surface area contributed by atoms with Crippen molar-refractivity contribution in [3.63, 3.8) is 0 Å². The predicted molar refractivity (Wildman–Crippen MR) is 202 cm³/mol. The summed E-state index contributed by atoms with van der Waals surface area (Å²) in [6, 6.07) is 27.6. The topological polar surface area (TPSA) is 89.9 Å². The number of carbonyl (C=O) groups is 2. The molecule has 2 amide bonds. The number of carbonyl (C=O) groups excluding carboxylic acids is 2. The summed E-state index contributed by atoms with van der Waals surface area (Å²) in [6.07, 6.45) is 12.7. The molecule has 51 heavy (non-hydrogen) atoms. The van der Waals surface area contributed by atoms with E-state index in [9.17, 15) is 15.0 Å². The van der Waals surface area contributed by atoms with Crippen molar-refractivity contribution in [2.75, 3.05) is 18.4 Å². The van der Waals surface area contributed by atoms with Crippen molar-refractivity contribution in [3.8, 4) is 11.1 Å². The van der Waals surface area contributed by atoms with Gasteiger partial charge in [0.1, 0.15) is 0 Å². The van der Waals surface area contributed by atoms with E-state index >= 15 is 4.79 Å². The van der Waals surface area contributed by atoms with Crippen molar-refractivity contribution in [2.45, 2.75) is 83.8 Å². The summed E-state index contributed by atoms with van der Waals surface area (Å²) in [7, 11) is 0. The molecule has 3 N–H and O–H groups in total. The maximum absolute atomic E-state index is 15.0. The summed E-state index contributed by atoms with van der Waals surface area (Å²) in [4.78, 5) is 30.5. The number of fused-ring (bicyclic) bond motifs is 1. The van der Waals surface area contributed by atoms with Gasteiger partial charge in [-0.2, -0.15) is 0 Å². The SMILES string of the molecule is CCCN(CC1(O)CCC2C34C=CC5(C=C3C(=O)c3ccc(-c6ccccc6)cc3)CC(O)CCC5(C)C4CCC21C)C(=O)Nc1ccccc1. The Hall–Kier alpha value is -4.00. The molecule has 6 heteroatoms. The number of hydrogen-bond donors (Lipinski definition) is 3. The van der Waals surface area contributed by atoms with E-state index < -0.39 is 22.5 Å². The highest BCUT2D eigenvalue weighted by Gasteiger charge is 2.74. The summed E-state index contributed by atoms with van der Waals surface area (Å²) in [5.74, 6) is 0.287. The van der Waals surface area contributed by atoms with Gasteiger partial charge in [-0.25, -0.2) is 4.79 Å². The lowest BCUT2D eigenvalue weighted by Gasteiger charge is -2.71. The molecule has 2 spiro atoms. The minimum atomic E-state index is -1.12. The van der Waals surface area contributed by atoms with Crippen LogP contribution in [-0.4, -0.2) is 51.7 Å². The van der Waals surface area contributed by atoms with Gasteiger partial charge in [0, 0.05) is 39.6 Å². The van der Waals surface area contributed by atoms with Crippen LogP contribution in [0.2, 0.25) is 0 Å². The number of urea groups is 1. The number of hydrogen-bond acceptors (Lipinski definition) is 4. The summed E-state index contributed by atoms with van der Waals surface area (Å²) < 4.78 is 0. The molecule has 3 aromatic rings. The average molecular weight is 685 g/mol. The minimum absolute atomic E-state index is 0.0198. The van der Waals surface area contributed by atoms with Crippen LogP contribution in [0, 0.1) is 33.5 Å². The lowest BCUT2D eigenvalue weighted by atomic mass is 9.32. The van der Waals surface area contributed by atoms with Crippen LogP contribution in [0.4, 0.5) is 10.5 Å². The fraction of sp³-hybridized carbons (Fsp3) is 0.467. The van der Waals surface area contributed by atoms with Crippen molar-refractivity contribution in [1.82, 2.24) is 4.90 Å². The number of nitrogens with one attached hydrogen (secondary N) is 1. The van der Waals surface area contributed by atoms with E-state index in [0.717, 1.165) is 60.9 Å². The van der Waals surface area contributed by atoms with Crippen molar-refractivity contribution in [3.05, 3.63) is 114 Å². The van der Waals surface area contributed by atoms with Crippen LogP contribution >= 0.6 is 0 Å². The lowest BCUT2D eigenvalue weighted by molar-refractivity contribution is -0.174. The van der Waals surface area contributed by atoms with E-state index in [-0.39, 0.29) is 41.0 Å². The number of anilines is 1. The molecule has 6 aliphatic carbocycles. The number of amides is 2. The number of benzene rings is 3. The van der Waals surface area contributed by atoms with Gasteiger partial charge in [-0.05, 0) is 91.9 Å². The third-order valence-electron chi connectivity index (χ3n) is 14.5. The largest absolute Gasteiger partial charge is 0.393 e. The fourth-order valence-electron chi connectivity index (χ4n) is 11.8. The van der Waals surface area contributed by atoms with Crippen LogP contribution in [0.15, 0.2) is 109 Å². The first-order valence-electron chi connectivity index (χ1n) is 19.1. The van der Waals surface area contributed by atoms with E-state index in [2.05, 4.69) is 56.4 Å². The molecule has 0 heterocycles. The normalized spacial score (nSPS) is 36.0. The monoisotopic (exact) mass is 684 g/mol. The zero-order valence-electron chi connectivity index (χ0n) is 30.3. The van der Waals surface area contributed by atoms with Crippen LogP contribution in [0.25, 0.3) is 11.1 Å². The van der Waals surface area contributed by atoms with Gasteiger partial charge in [-0.3, -0.25) is 4.79 Å². The third-order valence-corrected chi connectivity index (χ3v) is 14.5. The van der Waals surface area contributed by atoms with E-state index in [4.69, 9.17) is 0 Å². The lowest BCUT2D eigenvalue weighted by Crippen LogP contribution is -2.67. The molecule has 0 saturated heterocycles. The molecular weight excluding hydrogens is 633 g/mol. The highest BCUT2D eigenvalue weighted by atomic mass is 16.3. The van der Waals surface area contributed by atoms with E-state index in [1.807, 2.05) is 72.8 Å². The molecule has 3 fully saturated rings. The molecule has 8 unspecified atom stereocenters. The molecule has 2 bridgehead atoms. The first-order chi connectivity index (χ1) is 24.5. The molecule has 0 aliphatic heterocycles. The van der Waals surface area contributed by atoms with Crippen molar-refractivity contribution < 1.29 is 19.8 Å². The quantitative estimate of drug-likeness (QED) is 0.163. The number of aliphatic hydroxyl groups is 2. The third kappa shape index (κ3) is 5.03. The van der Waals surface area contributed by atoms with Gasteiger partial charge in [-0.15, -0.1) is 0 Å². The second kappa shape index (κ2) is 12.3. The maximum atomic E-state index is 15.0. The van der Waals surface area contributed by atoms with Crippen molar-refractivity contribution >= 4 is 17.5 Å². The molecule has 6 aliphatic rings.